The van der Waals surface area contributed by atoms with Gasteiger partial charge in [-0.15, -0.1) is 0 Å². The van der Waals surface area contributed by atoms with Crippen LogP contribution in [0.5, 0.6) is 0 Å². The molecule has 1 radical (unpaired) electrons. The predicted octanol–water partition coefficient (Wildman–Crippen LogP) is -4.73. The van der Waals surface area contributed by atoms with Crippen LogP contribution in [0.1, 0.15) is 1.43 Å². The average molecular weight is 167 g/mol. The van der Waals surface area contributed by atoms with Crippen molar-refractivity contribution in [1.29, 1.82) is 0 Å². The van der Waals surface area contributed by atoms with E-state index in [2.05, 4.69) is 9.97 Å². The van der Waals surface area contributed by atoms with E-state index in [9.17, 15) is 0 Å². The van der Waals surface area contributed by atoms with E-state index < -0.39 is 0 Å². The standard InChI is InChI=1S/C4H4N2.BH2O2.Na.H2O.H/c1-2-6-4-3-5-1;2-1-3;;;/h1-4H;2-3H;;1H2;/q;;+1;;-1. The van der Waals surface area contributed by atoms with Crippen LogP contribution in [0.4, 0.5) is 0 Å². The summed E-state index contributed by atoms with van der Waals surface area (Å²) in [6.45, 7) is 0. The molecule has 0 saturated heterocycles. The van der Waals surface area contributed by atoms with Gasteiger partial charge in [0.05, 0.1) is 0 Å². The summed E-state index contributed by atoms with van der Waals surface area (Å²) in [5.74, 6) is 0. The normalized spacial score (nSPS) is 5.64. The first-order valence-corrected chi connectivity index (χ1v) is 2.22. The van der Waals surface area contributed by atoms with E-state index in [1.807, 2.05) is 0 Å². The zero-order valence-electron chi connectivity index (χ0n) is 7.18. The van der Waals surface area contributed by atoms with Gasteiger partial charge in [-0.1, -0.05) is 0 Å². The van der Waals surface area contributed by atoms with E-state index in [1.54, 1.807) is 24.8 Å². The molecular weight excluding hydrogens is 158 g/mol. The van der Waals surface area contributed by atoms with Crippen LogP contribution in [0.25, 0.3) is 0 Å². The van der Waals surface area contributed by atoms with Crippen LogP contribution in [-0.2, 0) is 0 Å². The van der Waals surface area contributed by atoms with Gasteiger partial charge in [-0.2, -0.15) is 0 Å². The fraction of sp³-hybridized carbons (Fsp3) is 0. The molecule has 0 fully saturated rings. The molecule has 1 heterocycles. The Hall–Kier alpha value is 0.0249. The van der Waals surface area contributed by atoms with Gasteiger partial charge < -0.3 is 17.0 Å². The molecule has 0 atom stereocenters. The van der Waals surface area contributed by atoms with Gasteiger partial charge in [0, 0.05) is 24.8 Å². The van der Waals surface area contributed by atoms with Crippen molar-refractivity contribution in [2.45, 2.75) is 0 Å². The minimum atomic E-state index is 0. The molecule has 57 valence electrons. The third-order valence-corrected chi connectivity index (χ3v) is 0.478. The molecule has 5 nitrogen and oxygen atoms in total. The van der Waals surface area contributed by atoms with Crippen LogP contribution in [-0.4, -0.2) is 33.2 Å². The maximum absolute atomic E-state index is 7.00. The molecule has 0 aliphatic carbocycles. The van der Waals surface area contributed by atoms with Gasteiger partial charge >= 0.3 is 37.2 Å². The molecular formula is C4H9BN2NaO3. The van der Waals surface area contributed by atoms with Crippen molar-refractivity contribution in [3.63, 3.8) is 0 Å². The van der Waals surface area contributed by atoms with Crippen molar-refractivity contribution in [3.05, 3.63) is 24.8 Å². The van der Waals surface area contributed by atoms with Crippen LogP contribution in [0.15, 0.2) is 24.8 Å². The molecule has 1 aromatic heterocycles. The summed E-state index contributed by atoms with van der Waals surface area (Å²) in [6.07, 6.45) is 6.56. The molecule has 0 aliphatic heterocycles. The van der Waals surface area contributed by atoms with Crippen LogP contribution in [0.2, 0.25) is 0 Å². The second kappa shape index (κ2) is 16.5. The van der Waals surface area contributed by atoms with Crippen molar-refractivity contribution < 1.29 is 46.5 Å². The Kier molecular flexibility index (Phi) is 25.9. The number of aromatic nitrogens is 2. The Morgan fingerprint density at radius 1 is 1.00 bits per heavy atom. The van der Waals surface area contributed by atoms with Gasteiger partial charge in [-0.25, -0.2) is 0 Å². The van der Waals surface area contributed by atoms with E-state index >= 15 is 0 Å². The van der Waals surface area contributed by atoms with Gasteiger partial charge in [-0.3, -0.25) is 9.97 Å². The number of nitrogens with zero attached hydrogens (tertiary/aromatic N) is 2. The first-order valence-electron chi connectivity index (χ1n) is 2.22. The Labute approximate surface area is 88.9 Å². The third kappa shape index (κ3) is 17.8. The summed E-state index contributed by atoms with van der Waals surface area (Å²) in [4.78, 5) is 7.44. The van der Waals surface area contributed by atoms with Crippen LogP contribution >= 0.6 is 0 Å². The van der Waals surface area contributed by atoms with Gasteiger partial charge in [0.25, 0.3) is 0 Å². The number of hydrogen-bond acceptors (Lipinski definition) is 4. The zero-order chi connectivity index (χ0) is 6.95. The smallest absolute Gasteiger partial charge is 1.00 e. The minimum absolute atomic E-state index is 0. The van der Waals surface area contributed by atoms with Crippen LogP contribution < -0.4 is 29.6 Å². The molecule has 0 aliphatic rings. The second-order valence-corrected chi connectivity index (χ2v) is 1.01. The molecule has 0 saturated carbocycles. The van der Waals surface area contributed by atoms with E-state index in [4.69, 9.17) is 10.0 Å². The Bertz CT molecular complexity index is 111. The second-order valence-electron chi connectivity index (χ2n) is 1.01. The zero-order valence-corrected chi connectivity index (χ0v) is 8.18. The summed E-state index contributed by atoms with van der Waals surface area (Å²) in [5, 5.41) is 14.0. The summed E-state index contributed by atoms with van der Waals surface area (Å²) < 4.78 is 0. The Balaban J connectivity index is -0.0000000489. The van der Waals surface area contributed by atoms with E-state index in [0.717, 1.165) is 0 Å². The van der Waals surface area contributed by atoms with Crippen molar-refractivity contribution in [2.75, 3.05) is 0 Å². The monoisotopic (exact) mass is 167 g/mol. The summed E-state index contributed by atoms with van der Waals surface area (Å²) >= 11 is 0. The summed E-state index contributed by atoms with van der Waals surface area (Å²) in [6, 6.07) is 0. The molecule has 4 N–H and O–H groups in total. The molecule has 11 heavy (non-hydrogen) atoms. The van der Waals surface area contributed by atoms with E-state index in [1.165, 1.54) is 0 Å². The van der Waals surface area contributed by atoms with Gasteiger partial charge in [-0.05, 0) is 0 Å². The maximum Gasteiger partial charge on any atom is 1.00 e. The van der Waals surface area contributed by atoms with Crippen molar-refractivity contribution >= 4 is 7.69 Å². The van der Waals surface area contributed by atoms with E-state index in [-0.39, 0.29) is 44.1 Å². The Morgan fingerprint density at radius 2 is 1.18 bits per heavy atom. The molecule has 7 heteroatoms. The first kappa shape index (κ1) is 17.2. The predicted molar refractivity (Wildman–Crippen MR) is 36.9 cm³/mol. The van der Waals surface area contributed by atoms with Crippen LogP contribution in [0, 0.1) is 0 Å². The Morgan fingerprint density at radius 3 is 1.27 bits per heavy atom. The van der Waals surface area contributed by atoms with Gasteiger partial charge in [0.2, 0.25) is 0 Å². The average Bonchev–Trinajstić information content (AvgIpc) is 1.93. The first-order chi connectivity index (χ1) is 4.41. The van der Waals surface area contributed by atoms with Crippen molar-refractivity contribution in [2.24, 2.45) is 0 Å². The molecule has 1 aromatic rings. The van der Waals surface area contributed by atoms with Crippen molar-refractivity contribution in [3.8, 4) is 0 Å². The quantitative estimate of drug-likeness (QED) is 0.379. The molecule has 1 rings (SSSR count). The van der Waals surface area contributed by atoms with Crippen molar-refractivity contribution in [1.82, 2.24) is 9.97 Å². The van der Waals surface area contributed by atoms with E-state index in [0.29, 0.717) is 0 Å². The fourth-order valence-electron chi connectivity index (χ4n) is 0.253. The molecule has 0 amide bonds. The molecule has 0 spiro atoms. The third-order valence-electron chi connectivity index (χ3n) is 0.478. The molecule has 0 aromatic carbocycles. The maximum atomic E-state index is 7.00. The van der Waals surface area contributed by atoms with Gasteiger partial charge in [0.15, 0.2) is 0 Å². The summed E-state index contributed by atoms with van der Waals surface area (Å²) in [7, 11) is 0. The SMILES string of the molecule is O.O[B]O.[H-].[Na+].c1cnccn1. The largest absolute Gasteiger partial charge is 1.00 e. The number of rotatable bonds is 0. The fourth-order valence-corrected chi connectivity index (χ4v) is 0.253. The topological polar surface area (TPSA) is 97.7 Å². The number of hydrogen-bond donors (Lipinski definition) is 2. The minimum Gasteiger partial charge on any atom is -1.00 e. The molecule has 0 bridgehead atoms. The molecule has 0 unspecified atom stereocenters. The van der Waals surface area contributed by atoms with Gasteiger partial charge in [0.1, 0.15) is 0 Å². The summed E-state index contributed by atoms with van der Waals surface area (Å²) in [5.41, 5.74) is 0. The van der Waals surface area contributed by atoms with Crippen LogP contribution in [0.3, 0.4) is 0 Å².